The van der Waals surface area contributed by atoms with Crippen LogP contribution in [0.25, 0.3) is 0 Å². The van der Waals surface area contributed by atoms with Crippen LogP contribution in [0.3, 0.4) is 0 Å². The Morgan fingerprint density at radius 3 is 2.55 bits per heavy atom. The van der Waals surface area contributed by atoms with Gasteiger partial charge in [0.05, 0.1) is 27.8 Å². The van der Waals surface area contributed by atoms with Crippen LogP contribution in [0.2, 0.25) is 5.02 Å². The van der Waals surface area contributed by atoms with Crippen molar-refractivity contribution in [1.29, 1.82) is 0 Å². The predicted octanol–water partition coefficient (Wildman–Crippen LogP) is 5.36. The van der Waals surface area contributed by atoms with Crippen molar-refractivity contribution in [3.05, 3.63) is 74.2 Å². The summed E-state index contributed by atoms with van der Waals surface area (Å²) in [5.41, 5.74) is 4.29. The van der Waals surface area contributed by atoms with Crippen LogP contribution in [0, 0.1) is 19.8 Å². The summed E-state index contributed by atoms with van der Waals surface area (Å²) in [4.78, 5) is 15.8. The fourth-order valence-corrected chi connectivity index (χ4v) is 5.02. The lowest BCUT2D eigenvalue weighted by Gasteiger charge is -2.31. The van der Waals surface area contributed by atoms with Gasteiger partial charge in [0.1, 0.15) is 0 Å². The molecule has 3 heterocycles. The standard InChI is InChI=1S/C23H26ClN3OS/c1-16-22(24)17(2)27(25-16)14-20-13-21(29-15-20)23(28)26-10-8-19(9-11-26)12-18-6-4-3-5-7-18/h3-7,13,15,19H,8-12,14H2,1-2H3. The van der Waals surface area contributed by atoms with Gasteiger partial charge in [0.15, 0.2) is 0 Å². The second-order valence-corrected chi connectivity index (χ2v) is 9.18. The molecule has 2 aromatic heterocycles. The molecule has 6 heteroatoms. The minimum Gasteiger partial charge on any atom is -0.338 e. The summed E-state index contributed by atoms with van der Waals surface area (Å²) < 4.78 is 1.91. The first-order chi connectivity index (χ1) is 14.0. The van der Waals surface area contributed by atoms with E-state index < -0.39 is 0 Å². The van der Waals surface area contributed by atoms with Gasteiger partial charge in [-0.1, -0.05) is 41.9 Å². The van der Waals surface area contributed by atoms with E-state index in [2.05, 4.69) is 40.8 Å². The fourth-order valence-electron chi connectivity index (χ4n) is 4.02. The smallest absolute Gasteiger partial charge is 0.263 e. The van der Waals surface area contributed by atoms with Crippen LogP contribution in [-0.4, -0.2) is 33.7 Å². The van der Waals surface area contributed by atoms with E-state index >= 15 is 0 Å². The topological polar surface area (TPSA) is 38.1 Å². The second kappa shape index (κ2) is 8.72. The maximum atomic E-state index is 12.9. The molecule has 1 aromatic carbocycles. The van der Waals surface area contributed by atoms with Gasteiger partial charge in [-0.2, -0.15) is 5.10 Å². The molecule has 1 aliphatic rings. The van der Waals surface area contributed by atoms with Crippen molar-refractivity contribution >= 4 is 28.8 Å². The van der Waals surface area contributed by atoms with E-state index in [4.69, 9.17) is 11.6 Å². The van der Waals surface area contributed by atoms with Gasteiger partial charge in [0, 0.05) is 13.1 Å². The van der Waals surface area contributed by atoms with Crippen LogP contribution in [0.15, 0.2) is 41.8 Å². The molecule has 0 aliphatic carbocycles. The van der Waals surface area contributed by atoms with Gasteiger partial charge >= 0.3 is 0 Å². The van der Waals surface area contributed by atoms with Crippen molar-refractivity contribution in [3.8, 4) is 0 Å². The van der Waals surface area contributed by atoms with E-state index in [-0.39, 0.29) is 5.91 Å². The average molecular weight is 428 g/mol. The minimum absolute atomic E-state index is 0.158. The number of carbonyl (C=O) groups is 1. The van der Waals surface area contributed by atoms with Gasteiger partial charge in [-0.3, -0.25) is 9.48 Å². The van der Waals surface area contributed by atoms with E-state index in [1.807, 2.05) is 29.5 Å². The van der Waals surface area contributed by atoms with Crippen LogP contribution in [0.5, 0.6) is 0 Å². The van der Waals surface area contributed by atoms with E-state index in [0.29, 0.717) is 12.5 Å². The molecule has 1 fully saturated rings. The van der Waals surface area contributed by atoms with E-state index in [1.165, 1.54) is 16.9 Å². The van der Waals surface area contributed by atoms with Gasteiger partial charge in [0.25, 0.3) is 5.91 Å². The average Bonchev–Trinajstić information content (AvgIpc) is 3.30. The summed E-state index contributed by atoms with van der Waals surface area (Å²) in [7, 11) is 0. The monoisotopic (exact) mass is 427 g/mol. The Morgan fingerprint density at radius 2 is 1.90 bits per heavy atom. The fraction of sp³-hybridized carbons (Fsp3) is 0.391. The molecule has 0 spiro atoms. The lowest BCUT2D eigenvalue weighted by atomic mass is 9.90. The summed E-state index contributed by atoms with van der Waals surface area (Å²) >= 11 is 7.77. The highest BCUT2D eigenvalue weighted by Crippen LogP contribution is 2.26. The highest BCUT2D eigenvalue weighted by Gasteiger charge is 2.24. The summed E-state index contributed by atoms with van der Waals surface area (Å²) in [6.45, 7) is 6.21. The first-order valence-electron chi connectivity index (χ1n) is 10.1. The number of nitrogens with zero attached hydrogens (tertiary/aromatic N) is 3. The summed E-state index contributed by atoms with van der Waals surface area (Å²) in [6.07, 6.45) is 3.25. The van der Waals surface area contributed by atoms with E-state index in [9.17, 15) is 4.79 Å². The third kappa shape index (κ3) is 4.57. The maximum Gasteiger partial charge on any atom is 0.263 e. The number of likely N-dealkylation sites (tertiary alicyclic amines) is 1. The Morgan fingerprint density at radius 1 is 1.17 bits per heavy atom. The Bertz CT molecular complexity index is 987. The predicted molar refractivity (Wildman–Crippen MR) is 119 cm³/mol. The number of rotatable bonds is 5. The van der Waals surface area contributed by atoms with Crippen molar-refractivity contribution in [1.82, 2.24) is 14.7 Å². The first-order valence-corrected chi connectivity index (χ1v) is 11.4. The van der Waals surface area contributed by atoms with Gasteiger partial charge in [-0.25, -0.2) is 0 Å². The molecule has 0 radical (unpaired) electrons. The Kier molecular flexibility index (Phi) is 6.07. The number of hydrogen-bond donors (Lipinski definition) is 0. The molecule has 0 N–H and O–H groups in total. The van der Waals surface area contributed by atoms with Crippen LogP contribution in [-0.2, 0) is 13.0 Å². The first kappa shape index (κ1) is 20.2. The number of aryl methyl sites for hydroxylation is 1. The number of piperidine rings is 1. The quantitative estimate of drug-likeness (QED) is 0.549. The third-order valence-electron chi connectivity index (χ3n) is 5.76. The number of amides is 1. The molecule has 0 saturated carbocycles. The zero-order valence-corrected chi connectivity index (χ0v) is 18.5. The van der Waals surface area contributed by atoms with E-state index in [1.54, 1.807) is 0 Å². The molecule has 4 rings (SSSR count). The molecule has 3 aromatic rings. The molecular formula is C23H26ClN3OS. The van der Waals surface area contributed by atoms with Crippen LogP contribution < -0.4 is 0 Å². The Labute approximate surface area is 181 Å². The minimum atomic E-state index is 0.158. The van der Waals surface area contributed by atoms with Crippen molar-refractivity contribution in [2.24, 2.45) is 5.92 Å². The molecule has 0 atom stereocenters. The second-order valence-electron chi connectivity index (χ2n) is 7.89. The molecule has 152 valence electrons. The van der Waals surface area contributed by atoms with Crippen LogP contribution >= 0.6 is 22.9 Å². The summed E-state index contributed by atoms with van der Waals surface area (Å²) in [5.74, 6) is 0.821. The highest BCUT2D eigenvalue weighted by molar-refractivity contribution is 7.12. The molecular weight excluding hydrogens is 402 g/mol. The maximum absolute atomic E-state index is 12.9. The number of aromatic nitrogens is 2. The number of thiophene rings is 1. The molecule has 0 unspecified atom stereocenters. The Balaban J connectivity index is 1.34. The number of benzene rings is 1. The summed E-state index contributed by atoms with van der Waals surface area (Å²) in [5, 5.41) is 7.26. The molecule has 4 nitrogen and oxygen atoms in total. The highest BCUT2D eigenvalue weighted by atomic mass is 35.5. The van der Waals surface area contributed by atoms with E-state index in [0.717, 1.165) is 59.2 Å². The van der Waals surface area contributed by atoms with Crippen LogP contribution in [0.1, 0.15) is 45.0 Å². The lowest BCUT2D eigenvalue weighted by molar-refractivity contribution is 0.0695. The molecule has 1 saturated heterocycles. The number of carbonyl (C=O) groups excluding carboxylic acids is 1. The Hall–Kier alpha value is -2.11. The van der Waals surface area contributed by atoms with Gasteiger partial charge in [-0.05, 0) is 61.6 Å². The summed E-state index contributed by atoms with van der Waals surface area (Å²) in [6, 6.07) is 12.7. The van der Waals surface area contributed by atoms with Crippen molar-refractivity contribution < 1.29 is 4.79 Å². The molecule has 0 bridgehead atoms. The van der Waals surface area contributed by atoms with Gasteiger partial charge in [-0.15, -0.1) is 11.3 Å². The third-order valence-corrected chi connectivity index (χ3v) is 7.27. The number of hydrogen-bond acceptors (Lipinski definition) is 3. The zero-order valence-electron chi connectivity index (χ0n) is 16.9. The normalized spacial score (nSPS) is 15.1. The van der Waals surface area contributed by atoms with Crippen LogP contribution in [0.4, 0.5) is 0 Å². The molecule has 29 heavy (non-hydrogen) atoms. The molecule has 1 aliphatic heterocycles. The van der Waals surface area contributed by atoms with Crippen molar-refractivity contribution in [3.63, 3.8) is 0 Å². The van der Waals surface area contributed by atoms with Gasteiger partial charge in [0.2, 0.25) is 0 Å². The molecule has 1 amide bonds. The number of halogens is 1. The SMILES string of the molecule is Cc1nn(Cc2csc(C(=O)N3CCC(Cc4ccccc4)CC3)c2)c(C)c1Cl. The largest absolute Gasteiger partial charge is 0.338 e. The van der Waals surface area contributed by atoms with Crippen molar-refractivity contribution in [2.75, 3.05) is 13.1 Å². The lowest BCUT2D eigenvalue weighted by Crippen LogP contribution is -2.38. The zero-order chi connectivity index (χ0) is 20.4. The van der Waals surface area contributed by atoms with Crippen molar-refractivity contribution in [2.45, 2.75) is 39.7 Å². The van der Waals surface area contributed by atoms with Gasteiger partial charge < -0.3 is 4.90 Å².